The maximum atomic E-state index is 11.8. The van der Waals surface area contributed by atoms with Gasteiger partial charge in [-0.25, -0.2) is 23.2 Å². The Morgan fingerprint density at radius 2 is 1.97 bits per heavy atom. The number of nitrogens with one attached hydrogen (secondary N) is 1. The lowest BCUT2D eigenvalue weighted by atomic mass is 9.86. The summed E-state index contributed by atoms with van der Waals surface area (Å²) < 4.78 is 25.4. The number of sulfonamides is 1. The lowest BCUT2D eigenvalue weighted by molar-refractivity contribution is 0.288. The number of aryl methyl sites for hydroxylation is 1. The molecule has 2 aromatic heterocycles. The van der Waals surface area contributed by atoms with Crippen molar-refractivity contribution in [2.45, 2.75) is 50.1 Å². The number of aromatic nitrogens is 4. The van der Waals surface area contributed by atoms with Gasteiger partial charge in [0.05, 0.1) is 16.5 Å². The standard InChI is InChI=1S/C19H25N7O2S/c1-12-2-7-16(8-17(12)29(21,27)28)24-19-22-9-14-10-23-26(18(14)25-19)11-13-3-5-15(20)6-4-13/h2,7-10,13,15H,3-6,11,20H2,1H3,(H2,21,27,28)(H,22,24,25)/t13-,15+. The van der Waals surface area contributed by atoms with Gasteiger partial charge in [-0.2, -0.15) is 10.1 Å². The van der Waals surface area contributed by atoms with E-state index in [1.165, 1.54) is 6.07 Å². The summed E-state index contributed by atoms with van der Waals surface area (Å²) in [6.45, 7) is 2.50. The maximum absolute atomic E-state index is 11.8. The second-order valence-electron chi connectivity index (χ2n) is 7.73. The number of nitrogens with two attached hydrogens (primary N) is 2. The van der Waals surface area contributed by atoms with Gasteiger partial charge >= 0.3 is 0 Å². The van der Waals surface area contributed by atoms with Gasteiger partial charge in [0.15, 0.2) is 5.65 Å². The molecule has 5 N–H and O–H groups in total. The first kappa shape index (κ1) is 19.7. The van der Waals surface area contributed by atoms with E-state index in [1.54, 1.807) is 31.5 Å². The summed E-state index contributed by atoms with van der Waals surface area (Å²) in [5.74, 6) is 0.910. The fourth-order valence-electron chi connectivity index (χ4n) is 3.79. The molecular formula is C19H25N7O2S. The molecule has 0 amide bonds. The van der Waals surface area contributed by atoms with Crippen molar-refractivity contribution in [3.8, 4) is 0 Å². The van der Waals surface area contributed by atoms with Gasteiger partial charge in [-0.3, -0.25) is 0 Å². The molecule has 0 saturated heterocycles. The Hall–Kier alpha value is -2.56. The molecule has 1 aromatic carbocycles. The molecule has 154 valence electrons. The number of benzene rings is 1. The third-order valence-electron chi connectivity index (χ3n) is 5.45. The predicted molar refractivity (Wildman–Crippen MR) is 111 cm³/mol. The molecule has 0 spiro atoms. The third-order valence-corrected chi connectivity index (χ3v) is 6.50. The van der Waals surface area contributed by atoms with Crippen LogP contribution in [0, 0.1) is 12.8 Å². The van der Waals surface area contributed by atoms with E-state index < -0.39 is 10.0 Å². The fraction of sp³-hybridized carbons (Fsp3) is 0.421. The molecule has 10 heteroatoms. The highest BCUT2D eigenvalue weighted by atomic mass is 32.2. The van der Waals surface area contributed by atoms with Gasteiger partial charge in [-0.15, -0.1) is 0 Å². The second kappa shape index (κ2) is 7.69. The van der Waals surface area contributed by atoms with Crippen LogP contribution >= 0.6 is 0 Å². The molecule has 9 nitrogen and oxygen atoms in total. The number of anilines is 2. The Morgan fingerprint density at radius 1 is 1.21 bits per heavy atom. The van der Waals surface area contributed by atoms with Crippen LogP contribution in [0.2, 0.25) is 0 Å². The van der Waals surface area contributed by atoms with Gasteiger partial charge in [0, 0.05) is 24.5 Å². The lowest BCUT2D eigenvalue weighted by Gasteiger charge is -2.25. The molecule has 0 unspecified atom stereocenters. The summed E-state index contributed by atoms with van der Waals surface area (Å²) in [6.07, 6.45) is 7.76. The van der Waals surface area contributed by atoms with E-state index in [0.29, 0.717) is 29.2 Å². The topological polar surface area (TPSA) is 142 Å². The monoisotopic (exact) mass is 415 g/mol. The number of hydrogen-bond acceptors (Lipinski definition) is 7. The van der Waals surface area contributed by atoms with E-state index in [1.807, 2.05) is 4.68 Å². The smallest absolute Gasteiger partial charge is 0.238 e. The van der Waals surface area contributed by atoms with Gasteiger partial charge in [0.1, 0.15) is 0 Å². The first-order valence-corrected chi connectivity index (χ1v) is 11.2. The lowest BCUT2D eigenvalue weighted by Crippen LogP contribution is -2.28. The highest BCUT2D eigenvalue weighted by molar-refractivity contribution is 7.89. The van der Waals surface area contributed by atoms with Crippen molar-refractivity contribution in [1.29, 1.82) is 0 Å². The van der Waals surface area contributed by atoms with E-state index in [0.717, 1.165) is 43.3 Å². The summed E-state index contributed by atoms with van der Waals surface area (Å²) in [5.41, 5.74) is 7.88. The van der Waals surface area contributed by atoms with E-state index in [2.05, 4.69) is 20.4 Å². The predicted octanol–water partition coefficient (Wildman–Crippen LogP) is 2.04. The Labute approximate surface area is 169 Å². The largest absolute Gasteiger partial charge is 0.328 e. The quantitative estimate of drug-likeness (QED) is 0.579. The van der Waals surface area contributed by atoms with Crippen LogP contribution in [0.3, 0.4) is 0 Å². The zero-order valence-electron chi connectivity index (χ0n) is 16.2. The van der Waals surface area contributed by atoms with Crippen LogP contribution in [0.15, 0.2) is 35.5 Å². The first-order chi connectivity index (χ1) is 13.8. The number of hydrogen-bond donors (Lipinski definition) is 3. The van der Waals surface area contributed by atoms with Crippen molar-refractivity contribution in [2.24, 2.45) is 16.8 Å². The average Bonchev–Trinajstić information content (AvgIpc) is 3.06. The van der Waals surface area contributed by atoms with E-state index in [4.69, 9.17) is 10.9 Å². The van der Waals surface area contributed by atoms with Crippen LogP contribution in [0.4, 0.5) is 11.6 Å². The van der Waals surface area contributed by atoms with Crippen molar-refractivity contribution < 1.29 is 8.42 Å². The number of fused-ring (bicyclic) bond motifs is 1. The van der Waals surface area contributed by atoms with Gasteiger partial charge in [0.2, 0.25) is 16.0 Å². The molecule has 0 atom stereocenters. The molecule has 1 aliphatic rings. The average molecular weight is 416 g/mol. The third kappa shape index (κ3) is 4.39. The Morgan fingerprint density at radius 3 is 2.69 bits per heavy atom. The molecule has 3 aromatic rings. The summed E-state index contributed by atoms with van der Waals surface area (Å²) in [4.78, 5) is 8.99. The Bertz CT molecular complexity index is 1130. The van der Waals surface area contributed by atoms with Crippen LogP contribution in [0.1, 0.15) is 31.2 Å². The van der Waals surface area contributed by atoms with E-state index in [-0.39, 0.29) is 4.90 Å². The van der Waals surface area contributed by atoms with Gasteiger partial charge in [0.25, 0.3) is 0 Å². The molecule has 1 saturated carbocycles. The van der Waals surface area contributed by atoms with Crippen molar-refractivity contribution in [3.05, 3.63) is 36.2 Å². The Balaban J connectivity index is 1.58. The van der Waals surface area contributed by atoms with Crippen molar-refractivity contribution in [3.63, 3.8) is 0 Å². The normalized spacial score (nSPS) is 20.1. The summed E-state index contributed by atoms with van der Waals surface area (Å²) in [6, 6.07) is 5.26. The van der Waals surface area contributed by atoms with Crippen molar-refractivity contribution in [2.75, 3.05) is 5.32 Å². The second-order valence-corrected chi connectivity index (χ2v) is 9.26. The first-order valence-electron chi connectivity index (χ1n) is 9.64. The van der Waals surface area contributed by atoms with Crippen molar-refractivity contribution in [1.82, 2.24) is 19.7 Å². The van der Waals surface area contributed by atoms with Crippen LogP contribution in [0.25, 0.3) is 11.0 Å². The zero-order chi connectivity index (χ0) is 20.6. The number of primary sulfonamides is 1. The van der Waals surface area contributed by atoms with Gasteiger partial charge in [-0.1, -0.05) is 6.07 Å². The molecule has 0 aliphatic heterocycles. The highest BCUT2D eigenvalue weighted by Crippen LogP contribution is 2.26. The minimum absolute atomic E-state index is 0.0733. The number of nitrogens with zero attached hydrogens (tertiary/aromatic N) is 4. The summed E-state index contributed by atoms with van der Waals surface area (Å²) in [7, 11) is -3.80. The zero-order valence-corrected chi connectivity index (χ0v) is 17.1. The minimum atomic E-state index is -3.80. The van der Waals surface area contributed by atoms with Crippen LogP contribution in [-0.4, -0.2) is 34.2 Å². The van der Waals surface area contributed by atoms with E-state index in [9.17, 15) is 8.42 Å². The maximum Gasteiger partial charge on any atom is 0.238 e. The molecule has 29 heavy (non-hydrogen) atoms. The van der Waals surface area contributed by atoms with Gasteiger partial charge in [-0.05, 0) is 56.2 Å². The molecule has 4 rings (SSSR count). The molecular weight excluding hydrogens is 390 g/mol. The minimum Gasteiger partial charge on any atom is -0.328 e. The van der Waals surface area contributed by atoms with Crippen LogP contribution < -0.4 is 16.2 Å². The van der Waals surface area contributed by atoms with Crippen molar-refractivity contribution >= 4 is 32.7 Å². The van der Waals surface area contributed by atoms with Crippen LogP contribution in [-0.2, 0) is 16.6 Å². The van der Waals surface area contributed by atoms with Gasteiger partial charge < -0.3 is 11.1 Å². The van der Waals surface area contributed by atoms with Crippen LogP contribution in [0.5, 0.6) is 0 Å². The molecule has 2 heterocycles. The summed E-state index contributed by atoms with van der Waals surface area (Å²) >= 11 is 0. The SMILES string of the molecule is Cc1ccc(Nc2ncc3cnn(C[C@H]4CC[C@@H](N)CC4)c3n2)cc1S(N)(=O)=O. The fourth-order valence-corrected chi connectivity index (χ4v) is 4.60. The molecule has 0 radical (unpaired) electrons. The van der Waals surface area contributed by atoms with E-state index >= 15 is 0 Å². The highest BCUT2D eigenvalue weighted by Gasteiger charge is 2.20. The number of rotatable bonds is 5. The Kier molecular flexibility index (Phi) is 5.24. The molecule has 1 aliphatic carbocycles. The molecule has 0 bridgehead atoms. The summed E-state index contributed by atoms with van der Waals surface area (Å²) in [5, 5.41) is 13.7. The molecule has 1 fully saturated rings.